The van der Waals surface area contributed by atoms with E-state index in [2.05, 4.69) is 4.98 Å². The number of nitrogen functional groups attached to an aromatic ring is 1. The number of aromatic nitrogens is 1. The lowest BCUT2D eigenvalue weighted by atomic mass is 10.1. The van der Waals surface area contributed by atoms with Crippen molar-refractivity contribution in [3.63, 3.8) is 0 Å². The molecule has 16 heavy (non-hydrogen) atoms. The molecule has 0 radical (unpaired) electrons. The molecular weight excluding hydrogens is 204 g/mol. The molecule has 0 atom stereocenters. The molecule has 0 saturated carbocycles. The van der Waals surface area contributed by atoms with Crippen LogP contribution >= 0.6 is 0 Å². The second-order valence-electron chi connectivity index (χ2n) is 3.65. The first-order valence-corrected chi connectivity index (χ1v) is 5.60. The van der Waals surface area contributed by atoms with Crippen molar-refractivity contribution in [3.05, 3.63) is 23.9 Å². The normalized spacial score (nSPS) is 10.6. The molecule has 0 saturated heterocycles. The van der Waals surface area contributed by atoms with Crippen molar-refractivity contribution >= 4 is 5.82 Å². The SMILES string of the molecule is COCCCOCCCc1ccnc(N)c1. The monoisotopic (exact) mass is 224 g/mol. The highest BCUT2D eigenvalue weighted by molar-refractivity contribution is 5.31. The van der Waals surface area contributed by atoms with E-state index in [9.17, 15) is 0 Å². The fourth-order valence-electron chi connectivity index (χ4n) is 1.44. The molecule has 90 valence electrons. The van der Waals surface area contributed by atoms with Crippen LogP contribution in [0.5, 0.6) is 0 Å². The van der Waals surface area contributed by atoms with Gasteiger partial charge in [0.15, 0.2) is 0 Å². The summed E-state index contributed by atoms with van der Waals surface area (Å²) >= 11 is 0. The summed E-state index contributed by atoms with van der Waals surface area (Å²) in [5.41, 5.74) is 6.80. The fraction of sp³-hybridized carbons (Fsp3) is 0.583. The zero-order valence-electron chi connectivity index (χ0n) is 9.82. The van der Waals surface area contributed by atoms with Crippen molar-refractivity contribution in [1.82, 2.24) is 4.98 Å². The molecule has 0 amide bonds. The third-order valence-corrected chi connectivity index (χ3v) is 2.24. The highest BCUT2D eigenvalue weighted by Crippen LogP contribution is 2.05. The average molecular weight is 224 g/mol. The zero-order chi connectivity index (χ0) is 11.6. The van der Waals surface area contributed by atoms with Gasteiger partial charge in [-0.2, -0.15) is 0 Å². The Bertz CT molecular complexity index is 292. The summed E-state index contributed by atoms with van der Waals surface area (Å²) < 4.78 is 10.4. The standard InChI is InChI=1S/C12H20N2O2/c1-15-7-3-9-16-8-2-4-11-5-6-14-12(13)10-11/h5-6,10H,2-4,7-9H2,1H3,(H2,13,14). The average Bonchev–Trinajstić information content (AvgIpc) is 2.28. The van der Waals surface area contributed by atoms with Crippen molar-refractivity contribution in [2.45, 2.75) is 19.3 Å². The van der Waals surface area contributed by atoms with Gasteiger partial charge in [0.05, 0.1) is 0 Å². The highest BCUT2D eigenvalue weighted by Gasteiger charge is 1.95. The Morgan fingerprint density at radius 2 is 2.06 bits per heavy atom. The first kappa shape index (κ1) is 12.9. The number of anilines is 1. The molecule has 1 rings (SSSR count). The van der Waals surface area contributed by atoms with Crippen molar-refractivity contribution < 1.29 is 9.47 Å². The molecule has 0 fully saturated rings. The van der Waals surface area contributed by atoms with Gasteiger partial charge in [0.2, 0.25) is 0 Å². The Morgan fingerprint density at radius 3 is 2.81 bits per heavy atom. The van der Waals surface area contributed by atoms with Crippen LogP contribution in [-0.2, 0) is 15.9 Å². The molecule has 0 aliphatic heterocycles. The summed E-state index contributed by atoms with van der Waals surface area (Å²) in [5, 5.41) is 0. The molecule has 4 heteroatoms. The van der Waals surface area contributed by atoms with Gasteiger partial charge in [0.25, 0.3) is 0 Å². The number of ether oxygens (including phenoxy) is 2. The molecule has 2 N–H and O–H groups in total. The summed E-state index contributed by atoms with van der Waals surface area (Å²) in [6, 6.07) is 3.90. The summed E-state index contributed by atoms with van der Waals surface area (Å²) in [5.74, 6) is 0.582. The van der Waals surface area contributed by atoms with E-state index in [-0.39, 0.29) is 0 Å². The lowest BCUT2D eigenvalue weighted by Gasteiger charge is -2.04. The van der Waals surface area contributed by atoms with Gasteiger partial charge in [0, 0.05) is 33.1 Å². The van der Waals surface area contributed by atoms with Crippen LogP contribution in [0.4, 0.5) is 5.82 Å². The van der Waals surface area contributed by atoms with Crippen LogP contribution in [0.3, 0.4) is 0 Å². The number of methoxy groups -OCH3 is 1. The molecule has 1 heterocycles. The number of hydrogen-bond donors (Lipinski definition) is 1. The molecule has 1 aromatic rings. The second kappa shape index (κ2) is 8.07. The third-order valence-electron chi connectivity index (χ3n) is 2.24. The number of rotatable bonds is 8. The van der Waals surface area contributed by atoms with Crippen LogP contribution in [0.25, 0.3) is 0 Å². The molecule has 4 nitrogen and oxygen atoms in total. The Hall–Kier alpha value is -1.13. The van der Waals surface area contributed by atoms with Gasteiger partial charge in [-0.3, -0.25) is 0 Å². The molecule has 0 aliphatic carbocycles. The molecule has 0 unspecified atom stereocenters. The summed E-state index contributed by atoms with van der Waals surface area (Å²) in [4.78, 5) is 3.95. The topological polar surface area (TPSA) is 57.4 Å². The van der Waals surface area contributed by atoms with E-state index in [4.69, 9.17) is 15.2 Å². The van der Waals surface area contributed by atoms with Gasteiger partial charge in [-0.05, 0) is 37.0 Å². The fourth-order valence-corrected chi connectivity index (χ4v) is 1.44. The van der Waals surface area contributed by atoms with Crippen molar-refractivity contribution in [3.8, 4) is 0 Å². The Balaban J connectivity index is 2.03. The van der Waals surface area contributed by atoms with Gasteiger partial charge in [0.1, 0.15) is 5.82 Å². The Kier molecular flexibility index (Phi) is 6.53. The highest BCUT2D eigenvalue weighted by atomic mass is 16.5. The van der Waals surface area contributed by atoms with E-state index < -0.39 is 0 Å². The van der Waals surface area contributed by atoms with Crippen LogP contribution < -0.4 is 5.73 Å². The van der Waals surface area contributed by atoms with Crippen molar-refractivity contribution in [2.75, 3.05) is 32.7 Å². The van der Waals surface area contributed by atoms with E-state index >= 15 is 0 Å². The Labute approximate surface area is 96.8 Å². The minimum Gasteiger partial charge on any atom is -0.385 e. The van der Waals surface area contributed by atoms with Gasteiger partial charge in [-0.25, -0.2) is 4.98 Å². The smallest absolute Gasteiger partial charge is 0.123 e. The summed E-state index contributed by atoms with van der Waals surface area (Å²) in [6.45, 7) is 2.32. The van der Waals surface area contributed by atoms with Crippen LogP contribution in [0.2, 0.25) is 0 Å². The predicted molar refractivity (Wildman–Crippen MR) is 64.3 cm³/mol. The second-order valence-corrected chi connectivity index (χ2v) is 3.65. The molecule has 0 aromatic carbocycles. The third kappa shape index (κ3) is 5.68. The Morgan fingerprint density at radius 1 is 1.25 bits per heavy atom. The van der Waals surface area contributed by atoms with Crippen LogP contribution in [0, 0.1) is 0 Å². The maximum atomic E-state index is 5.59. The number of aryl methyl sites for hydroxylation is 1. The van der Waals surface area contributed by atoms with Crippen LogP contribution in [0.15, 0.2) is 18.3 Å². The van der Waals surface area contributed by atoms with E-state index in [1.54, 1.807) is 13.3 Å². The molecule has 0 bridgehead atoms. The molecule has 1 aromatic heterocycles. The molecular formula is C12H20N2O2. The number of pyridine rings is 1. The number of hydrogen-bond acceptors (Lipinski definition) is 4. The van der Waals surface area contributed by atoms with Crippen molar-refractivity contribution in [2.24, 2.45) is 0 Å². The summed E-state index contributed by atoms with van der Waals surface area (Å²) in [6.07, 6.45) is 4.69. The first-order valence-electron chi connectivity index (χ1n) is 5.60. The van der Waals surface area contributed by atoms with E-state index in [1.807, 2.05) is 12.1 Å². The van der Waals surface area contributed by atoms with E-state index in [0.717, 1.165) is 39.1 Å². The lowest BCUT2D eigenvalue weighted by molar-refractivity contribution is 0.101. The van der Waals surface area contributed by atoms with Crippen LogP contribution in [-0.4, -0.2) is 31.9 Å². The first-order chi connectivity index (χ1) is 7.83. The van der Waals surface area contributed by atoms with Gasteiger partial charge >= 0.3 is 0 Å². The van der Waals surface area contributed by atoms with Crippen LogP contribution in [0.1, 0.15) is 18.4 Å². The van der Waals surface area contributed by atoms with E-state index in [1.165, 1.54) is 5.56 Å². The minimum absolute atomic E-state index is 0.582. The quantitative estimate of drug-likeness (QED) is 0.682. The minimum atomic E-state index is 0.582. The summed E-state index contributed by atoms with van der Waals surface area (Å²) in [7, 11) is 1.70. The number of nitrogens with zero attached hydrogens (tertiary/aromatic N) is 1. The molecule has 0 spiro atoms. The molecule has 0 aliphatic rings. The number of nitrogens with two attached hydrogens (primary N) is 1. The van der Waals surface area contributed by atoms with Gasteiger partial charge in [-0.15, -0.1) is 0 Å². The van der Waals surface area contributed by atoms with Gasteiger partial charge in [-0.1, -0.05) is 0 Å². The van der Waals surface area contributed by atoms with Crippen molar-refractivity contribution in [1.29, 1.82) is 0 Å². The van der Waals surface area contributed by atoms with Gasteiger partial charge < -0.3 is 15.2 Å². The van der Waals surface area contributed by atoms with E-state index in [0.29, 0.717) is 5.82 Å². The maximum Gasteiger partial charge on any atom is 0.123 e. The lowest BCUT2D eigenvalue weighted by Crippen LogP contribution is -2.01. The largest absolute Gasteiger partial charge is 0.385 e. The zero-order valence-corrected chi connectivity index (χ0v) is 9.82. The predicted octanol–water partition coefficient (Wildman–Crippen LogP) is 1.65. The maximum absolute atomic E-state index is 5.59.